The van der Waals surface area contributed by atoms with Crippen molar-refractivity contribution in [2.75, 3.05) is 18.0 Å². The van der Waals surface area contributed by atoms with Gasteiger partial charge in [-0.2, -0.15) is 5.10 Å². The summed E-state index contributed by atoms with van der Waals surface area (Å²) in [6.45, 7) is 4.38. The molecule has 3 heterocycles. The molecule has 1 aromatic heterocycles. The minimum atomic E-state index is 0.619. The van der Waals surface area contributed by atoms with Crippen molar-refractivity contribution in [2.24, 2.45) is 0 Å². The Hall–Kier alpha value is -1.16. The van der Waals surface area contributed by atoms with Crippen molar-refractivity contribution in [1.82, 2.24) is 15.5 Å². The summed E-state index contributed by atoms with van der Waals surface area (Å²) >= 11 is 0. The average Bonchev–Trinajstić information content (AvgIpc) is 3.00. The SMILES string of the molecule is Cc1cnnc(N2CCCC2C2CCCN2)c1. The van der Waals surface area contributed by atoms with Crippen molar-refractivity contribution in [3.8, 4) is 0 Å². The normalized spacial score (nSPS) is 28.9. The number of anilines is 1. The van der Waals surface area contributed by atoms with Gasteiger partial charge in [0.15, 0.2) is 5.82 Å². The largest absolute Gasteiger partial charge is 0.351 e. The molecule has 92 valence electrons. The molecule has 0 spiro atoms. The lowest BCUT2D eigenvalue weighted by Gasteiger charge is -2.30. The Labute approximate surface area is 102 Å². The first kappa shape index (κ1) is 11.0. The van der Waals surface area contributed by atoms with Crippen LogP contribution < -0.4 is 10.2 Å². The summed E-state index contributed by atoms with van der Waals surface area (Å²) in [7, 11) is 0. The number of aryl methyl sites for hydroxylation is 1. The van der Waals surface area contributed by atoms with Crippen LogP contribution in [-0.2, 0) is 0 Å². The van der Waals surface area contributed by atoms with Crippen molar-refractivity contribution < 1.29 is 0 Å². The molecule has 2 aliphatic rings. The molecule has 2 unspecified atom stereocenters. The van der Waals surface area contributed by atoms with Gasteiger partial charge in [0.2, 0.25) is 0 Å². The van der Waals surface area contributed by atoms with Crippen molar-refractivity contribution in [2.45, 2.75) is 44.7 Å². The van der Waals surface area contributed by atoms with E-state index in [1.807, 2.05) is 6.20 Å². The Morgan fingerprint density at radius 3 is 3.06 bits per heavy atom. The highest BCUT2D eigenvalue weighted by Crippen LogP contribution is 2.28. The van der Waals surface area contributed by atoms with Crippen LogP contribution in [0.2, 0.25) is 0 Å². The Morgan fingerprint density at radius 2 is 2.29 bits per heavy atom. The lowest BCUT2D eigenvalue weighted by molar-refractivity contribution is 0.480. The van der Waals surface area contributed by atoms with Gasteiger partial charge in [0.1, 0.15) is 0 Å². The van der Waals surface area contributed by atoms with E-state index < -0.39 is 0 Å². The van der Waals surface area contributed by atoms with Crippen molar-refractivity contribution in [1.29, 1.82) is 0 Å². The molecule has 3 rings (SSSR count). The van der Waals surface area contributed by atoms with E-state index in [2.05, 4.69) is 33.4 Å². The molecule has 0 bridgehead atoms. The van der Waals surface area contributed by atoms with Gasteiger partial charge in [-0.25, -0.2) is 0 Å². The van der Waals surface area contributed by atoms with E-state index in [-0.39, 0.29) is 0 Å². The monoisotopic (exact) mass is 232 g/mol. The zero-order chi connectivity index (χ0) is 11.7. The number of aromatic nitrogens is 2. The molecular formula is C13H20N4. The van der Waals surface area contributed by atoms with Crippen LogP contribution in [-0.4, -0.2) is 35.4 Å². The van der Waals surface area contributed by atoms with Crippen LogP contribution in [0.1, 0.15) is 31.2 Å². The summed E-state index contributed by atoms with van der Waals surface area (Å²) in [5, 5.41) is 12.0. The number of nitrogens with zero attached hydrogens (tertiary/aromatic N) is 3. The maximum Gasteiger partial charge on any atom is 0.151 e. The van der Waals surface area contributed by atoms with Gasteiger partial charge < -0.3 is 10.2 Å². The standard InChI is InChI=1S/C13H20N4/c1-10-8-13(16-15-9-10)17-7-3-5-12(17)11-4-2-6-14-11/h8-9,11-12,14H,2-7H2,1H3. The van der Waals surface area contributed by atoms with Crippen LogP contribution in [0.4, 0.5) is 5.82 Å². The predicted octanol–water partition coefficient (Wildman–Crippen LogP) is 1.51. The molecule has 2 fully saturated rings. The van der Waals surface area contributed by atoms with Crippen molar-refractivity contribution in [3.05, 3.63) is 17.8 Å². The second-order valence-electron chi connectivity index (χ2n) is 5.20. The lowest BCUT2D eigenvalue weighted by Crippen LogP contribution is -2.44. The molecule has 4 heteroatoms. The Balaban J connectivity index is 1.81. The molecule has 1 N–H and O–H groups in total. The van der Waals surface area contributed by atoms with E-state index in [1.54, 1.807) is 0 Å². The van der Waals surface area contributed by atoms with E-state index in [4.69, 9.17) is 0 Å². The van der Waals surface area contributed by atoms with E-state index >= 15 is 0 Å². The Morgan fingerprint density at radius 1 is 1.35 bits per heavy atom. The van der Waals surface area contributed by atoms with Gasteiger partial charge in [0.25, 0.3) is 0 Å². The zero-order valence-electron chi connectivity index (χ0n) is 10.4. The summed E-state index contributed by atoms with van der Waals surface area (Å²) < 4.78 is 0. The Kier molecular flexibility index (Phi) is 2.97. The topological polar surface area (TPSA) is 41.1 Å². The van der Waals surface area contributed by atoms with Gasteiger partial charge in [-0.1, -0.05) is 0 Å². The molecule has 2 saturated heterocycles. The molecule has 2 atom stereocenters. The third kappa shape index (κ3) is 2.14. The summed E-state index contributed by atoms with van der Waals surface area (Å²) in [4.78, 5) is 2.45. The lowest BCUT2D eigenvalue weighted by atomic mass is 10.0. The van der Waals surface area contributed by atoms with Crippen LogP contribution in [0, 0.1) is 6.92 Å². The van der Waals surface area contributed by atoms with Crippen LogP contribution in [0.25, 0.3) is 0 Å². The first-order valence-electron chi connectivity index (χ1n) is 6.64. The highest BCUT2D eigenvalue weighted by molar-refractivity contribution is 5.42. The molecule has 0 amide bonds. The van der Waals surface area contributed by atoms with Crippen LogP contribution >= 0.6 is 0 Å². The molecular weight excluding hydrogens is 212 g/mol. The highest BCUT2D eigenvalue weighted by Gasteiger charge is 2.33. The van der Waals surface area contributed by atoms with E-state index in [0.29, 0.717) is 12.1 Å². The number of hydrogen-bond acceptors (Lipinski definition) is 4. The zero-order valence-corrected chi connectivity index (χ0v) is 10.4. The first-order chi connectivity index (χ1) is 8.34. The predicted molar refractivity (Wildman–Crippen MR) is 68.2 cm³/mol. The van der Waals surface area contributed by atoms with Crippen molar-refractivity contribution >= 4 is 5.82 Å². The number of rotatable bonds is 2. The second kappa shape index (κ2) is 4.61. The summed E-state index contributed by atoms with van der Waals surface area (Å²) in [6, 6.07) is 3.42. The number of nitrogens with one attached hydrogen (secondary N) is 1. The minimum absolute atomic E-state index is 0.619. The van der Waals surface area contributed by atoms with E-state index in [0.717, 1.165) is 12.4 Å². The quantitative estimate of drug-likeness (QED) is 0.839. The molecule has 0 aromatic carbocycles. The van der Waals surface area contributed by atoms with Gasteiger partial charge in [0.05, 0.1) is 6.20 Å². The Bertz CT molecular complexity index is 387. The fourth-order valence-electron chi connectivity index (χ4n) is 3.12. The summed E-state index contributed by atoms with van der Waals surface area (Å²) in [5.41, 5.74) is 1.19. The van der Waals surface area contributed by atoms with Gasteiger partial charge in [-0.05, 0) is 50.8 Å². The van der Waals surface area contributed by atoms with Crippen molar-refractivity contribution in [3.63, 3.8) is 0 Å². The third-order valence-corrected chi connectivity index (χ3v) is 3.93. The molecule has 4 nitrogen and oxygen atoms in total. The maximum atomic E-state index is 4.29. The fourth-order valence-corrected chi connectivity index (χ4v) is 3.12. The second-order valence-corrected chi connectivity index (χ2v) is 5.20. The van der Waals surface area contributed by atoms with E-state index in [1.165, 1.54) is 37.8 Å². The van der Waals surface area contributed by atoms with Gasteiger partial charge in [-0.3, -0.25) is 0 Å². The minimum Gasteiger partial charge on any atom is -0.351 e. The van der Waals surface area contributed by atoms with Gasteiger partial charge in [0, 0.05) is 18.6 Å². The molecule has 17 heavy (non-hydrogen) atoms. The van der Waals surface area contributed by atoms with E-state index in [9.17, 15) is 0 Å². The third-order valence-electron chi connectivity index (χ3n) is 3.93. The average molecular weight is 232 g/mol. The molecule has 0 radical (unpaired) electrons. The first-order valence-corrected chi connectivity index (χ1v) is 6.64. The smallest absolute Gasteiger partial charge is 0.151 e. The molecule has 0 saturated carbocycles. The van der Waals surface area contributed by atoms with Crippen LogP contribution in [0.5, 0.6) is 0 Å². The number of hydrogen-bond donors (Lipinski definition) is 1. The highest BCUT2D eigenvalue weighted by atomic mass is 15.3. The van der Waals surface area contributed by atoms with Crippen LogP contribution in [0.15, 0.2) is 12.3 Å². The van der Waals surface area contributed by atoms with Crippen LogP contribution in [0.3, 0.4) is 0 Å². The van der Waals surface area contributed by atoms with Gasteiger partial charge >= 0.3 is 0 Å². The molecule has 1 aromatic rings. The fraction of sp³-hybridized carbons (Fsp3) is 0.692. The summed E-state index contributed by atoms with van der Waals surface area (Å²) in [6.07, 6.45) is 7.00. The molecule has 2 aliphatic heterocycles. The molecule has 0 aliphatic carbocycles. The summed E-state index contributed by atoms with van der Waals surface area (Å²) in [5.74, 6) is 1.06. The van der Waals surface area contributed by atoms with Gasteiger partial charge in [-0.15, -0.1) is 5.10 Å². The maximum absolute atomic E-state index is 4.29.